The van der Waals surface area contributed by atoms with Crippen molar-refractivity contribution in [3.8, 4) is 11.5 Å². The van der Waals surface area contributed by atoms with E-state index in [4.69, 9.17) is 9.47 Å². The number of ether oxygens (including phenoxy) is 2. The Morgan fingerprint density at radius 1 is 0.897 bits per heavy atom. The first kappa shape index (κ1) is 21.4. The zero-order valence-electron chi connectivity index (χ0n) is 16.4. The van der Waals surface area contributed by atoms with Crippen LogP contribution in [0.1, 0.15) is 21.3 Å². The second-order valence-electron chi connectivity index (χ2n) is 6.51. The topological polar surface area (TPSA) is 76.7 Å². The Hall–Kier alpha value is -2.32. The maximum Gasteiger partial charge on any atom is 0.276 e. The zero-order chi connectivity index (χ0) is 20.6. The van der Waals surface area contributed by atoms with Crippen molar-refractivity contribution in [3.05, 3.63) is 59.2 Å². The fourth-order valence-electron chi connectivity index (χ4n) is 2.86. The van der Waals surface area contributed by atoms with Gasteiger partial charge in [-0.15, -0.1) is 23.5 Å². The van der Waals surface area contributed by atoms with Crippen molar-refractivity contribution < 1.29 is 19.1 Å². The number of carbonyl (C=O) groups is 2. The van der Waals surface area contributed by atoms with E-state index in [0.29, 0.717) is 16.1 Å². The second kappa shape index (κ2) is 10.5. The number of hydrogen-bond acceptors (Lipinski definition) is 6. The number of aryl methyl sites for hydroxylation is 2. The molecule has 0 aliphatic carbocycles. The second-order valence-corrected chi connectivity index (χ2v) is 9.23. The summed E-state index contributed by atoms with van der Waals surface area (Å²) in [5.41, 5.74) is 7.68. The third-order valence-electron chi connectivity index (χ3n) is 4.25. The average Bonchev–Trinajstić information content (AvgIpc) is 3.25. The van der Waals surface area contributed by atoms with Gasteiger partial charge in [0.15, 0.2) is 13.2 Å². The van der Waals surface area contributed by atoms with Crippen molar-refractivity contribution >= 4 is 35.3 Å². The molecule has 6 nitrogen and oxygen atoms in total. The lowest BCUT2D eigenvalue weighted by Crippen LogP contribution is -2.45. The molecule has 29 heavy (non-hydrogen) atoms. The van der Waals surface area contributed by atoms with Crippen molar-refractivity contribution in [3.63, 3.8) is 0 Å². The third kappa shape index (κ3) is 6.08. The van der Waals surface area contributed by atoms with Gasteiger partial charge in [-0.3, -0.25) is 20.4 Å². The fraction of sp³-hybridized carbons (Fsp3) is 0.333. The average molecular weight is 433 g/mol. The highest BCUT2D eigenvalue weighted by molar-refractivity contribution is 8.19. The molecule has 2 aromatic carbocycles. The number of hydrazine groups is 1. The van der Waals surface area contributed by atoms with Crippen LogP contribution in [0, 0.1) is 13.8 Å². The van der Waals surface area contributed by atoms with E-state index in [1.54, 1.807) is 0 Å². The number of amides is 2. The molecule has 0 aromatic heterocycles. The summed E-state index contributed by atoms with van der Waals surface area (Å²) in [6.07, 6.45) is 0. The molecule has 1 aliphatic heterocycles. The lowest BCUT2D eigenvalue weighted by molar-refractivity contribution is -0.131. The Morgan fingerprint density at radius 3 is 2.14 bits per heavy atom. The molecule has 3 rings (SSSR count). The lowest BCUT2D eigenvalue weighted by Gasteiger charge is -2.15. The van der Waals surface area contributed by atoms with Crippen LogP contribution in [-0.4, -0.2) is 36.5 Å². The number of hydrogen-bond donors (Lipinski definition) is 2. The highest BCUT2D eigenvalue weighted by atomic mass is 32.2. The van der Waals surface area contributed by atoms with Crippen molar-refractivity contribution in [2.45, 2.75) is 18.4 Å². The van der Waals surface area contributed by atoms with E-state index in [1.807, 2.05) is 79.8 Å². The molecule has 154 valence electrons. The van der Waals surface area contributed by atoms with Gasteiger partial charge in [0.2, 0.25) is 0 Å². The molecule has 1 aliphatic rings. The van der Waals surface area contributed by atoms with Crippen molar-refractivity contribution in [2.75, 3.05) is 24.7 Å². The number of carbonyl (C=O) groups excluding carboxylic acids is 2. The molecular formula is C21H24N2O4S2. The van der Waals surface area contributed by atoms with Crippen LogP contribution in [0.15, 0.2) is 42.5 Å². The Balaban J connectivity index is 1.43. The molecule has 0 atom stereocenters. The summed E-state index contributed by atoms with van der Waals surface area (Å²) in [5, 5.41) is 0. The smallest absolute Gasteiger partial charge is 0.276 e. The molecule has 1 saturated heterocycles. The predicted octanol–water partition coefficient (Wildman–Crippen LogP) is 3.39. The van der Waals surface area contributed by atoms with E-state index in [-0.39, 0.29) is 13.2 Å². The number of benzene rings is 2. The molecule has 8 heteroatoms. The van der Waals surface area contributed by atoms with Gasteiger partial charge in [-0.2, -0.15) is 0 Å². The van der Waals surface area contributed by atoms with Crippen LogP contribution in [-0.2, 0) is 9.59 Å². The molecule has 1 fully saturated rings. The molecule has 0 unspecified atom stereocenters. The summed E-state index contributed by atoms with van der Waals surface area (Å²) in [6, 6.07) is 13.5. The summed E-state index contributed by atoms with van der Waals surface area (Å²) >= 11 is 3.75. The molecular weight excluding hydrogens is 408 g/mol. The highest BCUT2D eigenvalue weighted by Gasteiger charge is 2.22. The minimum atomic E-state index is -0.444. The quantitative estimate of drug-likeness (QED) is 0.653. The summed E-state index contributed by atoms with van der Waals surface area (Å²) in [7, 11) is 0. The number of para-hydroxylation sites is 2. The van der Waals surface area contributed by atoms with Gasteiger partial charge >= 0.3 is 0 Å². The van der Waals surface area contributed by atoms with Crippen molar-refractivity contribution in [1.82, 2.24) is 10.9 Å². The maximum atomic E-state index is 12.0. The molecule has 2 aromatic rings. The van der Waals surface area contributed by atoms with E-state index >= 15 is 0 Å². The molecule has 0 saturated carbocycles. The van der Waals surface area contributed by atoms with Gasteiger partial charge in [0, 0.05) is 17.1 Å². The highest BCUT2D eigenvalue weighted by Crippen LogP contribution is 2.48. The number of thioether (sulfide) groups is 2. The standard InChI is InChI=1S/C21H24N2O4S2/c1-14-6-5-7-15(2)20(14)27-13-19(25)23-22-18(24)12-26-17-9-4-3-8-16(17)21-28-10-11-29-21/h3-9,21H,10-13H2,1-2H3,(H,22,24)(H,23,25). The van der Waals surface area contributed by atoms with Crippen LogP contribution in [0.2, 0.25) is 0 Å². The van der Waals surface area contributed by atoms with Crippen LogP contribution in [0.4, 0.5) is 0 Å². The van der Waals surface area contributed by atoms with E-state index in [1.165, 1.54) is 0 Å². The van der Waals surface area contributed by atoms with Gasteiger partial charge in [0.25, 0.3) is 11.8 Å². The van der Waals surface area contributed by atoms with Gasteiger partial charge in [-0.05, 0) is 31.0 Å². The minimum absolute atomic E-state index is 0.183. The van der Waals surface area contributed by atoms with Crippen molar-refractivity contribution in [2.24, 2.45) is 0 Å². The van der Waals surface area contributed by atoms with Crippen LogP contribution in [0.5, 0.6) is 11.5 Å². The van der Waals surface area contributed by atoms with Crippen LogP contribution < -0.4 is 20.3 Å². The SMILES string of the molecule is Cc1cccc(C)c1OCC(=O)NNC(=O)COc1ccccc1C1SCCS1. The predicted molar refractivity (Wildman–Crippen MR) is 117 cm³/mol. The first-order chi connectivity index (χ1) is 14.0. The Bertz CT molecular complexity index is 849. The van der Waals surface area contributed by atoms with Gasteiger partial charge < -0.3 is 9.47 Å². The Labute approximate surface area is 179 Å². The van der Waals surface area contributed by atoms with Gasteiger partial charge in [0.05, 0.1) is 4.58 Å². The summed E-state index contributed by atoms with van der Waals surface area (Å²) < 4.78 is 11.6. The Morgan fingerprint density at radius 2 is 1.48 bits per heavy atom. The molecule has 0 radical (unpaired) electrons. The molecule has 1 heterocycles. The fourth-order valence-corrected chi connectivity index (χ4v) is 5.77. The first-order valence-electron chi connectivity index (χ1n) is 9.26. The number of nitrogens with one attached hydrogen (secondary N) is 2. The molecule has 0 spiro atoms. The van der Waals surface area contributed by atoms with Gasteiger partial charge in [-0.1, -0.05) is 36.4 Å². The Kier molecular flexibility index (Phi) is 7.71. The van der Waals surface area contributed by atoms with E-state index in [0.717, 1.165) is 28.2 Å². The first-order valence-corrected chi connectivity index (χ1v) is 11.4. The van der Waals surface area contributed by atoms with Crippen LogP contribution >= 0.6 is 23.5 Å². The van der Waals surface area contributed by atoms with Gasteiger partial charge in [0.1, 0.15) is 11.5 Å². The molecule has 0 bridgehead atoms. The molecule has 2 N–H and O–H groups in total. The zero-order valence-corrected chi connectivity index (χ0v) is 18.0. The van der Waals surface area contributed by atoms with Crippen molar-refractivity contribution in [1.29, 1.82) is 0 Å². The summed E-state index contributed by atoms with van der Waals surface area (Å²) in [4.78, 5) is 24.0. The van der Waals surface area contributed by atoms with Crippen LogP contribution in [0.3, 0.4) is 0 Å². The largest absolute Gasteiger partial charge is 0.483 e. The lowest BCUT2D eigenvalue weighted by atomic mass is 10.1. The third-order valence-corrected chi connectivity index (χ3v) is 7.32. The van der Waals surface area contributed by atoms with E-state index < -0.39 is 11.8 Å². The summed E-state index contributed by atoms with van der Waals surface area (Å²) in [5.74, 6) is 2.71. The van der Waals surface area contributed by atoms with E-state index in [9.17, 15) is 9.59 Å². The number of rotatable bonds is 7. The summed E-state index contributed by atoms with van der Waals surface area (Å²) in [6.45, 7) is 3.46. The minimum Gasteiger partial charge on any atom is -0.483 e. The molecule has 2 amide bonds. The monoisotopic (exact) mass is 432 g/mol. The van der Waals surface area contributed by atoms with Crippen LogP contribution in [0.25, 0.3) is 0 Å². The normalized spacial score (nSPS) is 13.7. The van der Waals surface area contributed by atoms with Gasteiger partial charge in [-0.25, -0.2) is 0 Å². The van der Waals surface area contributed by atoms with E-state index in [2.05, 4.69) is 10.9 Å². The maximum absolute atomic E-state index is 12.0.